The summed E-state index contributed by atoms with van der Waals surface area (Å²) in [6, 6.07) is 44.9. The zero-order valence-electron chi connectivity index (χ0n) is 21.9. The van der Waals surface area contributed by atoms with Gasteiger partial charge in [-0.15, -0.1) is 22.7 Å². The molecule has 0 saturated heterocycles. The highest BCUT2D eigenvalue weighted by atomic mass is 32.1. The van der Waals surface area contributed by atoms with Crippen molar-refractivity contribution in [3.63, 3.8) is 0 Å². The third kappa shape index (κ3) is 2.94. The number of hydrogen-bond acceptors (Lipinski definition) is 2. The summed E-state index contributed by atoms with van der Waals surface area (Å²) in [5.41, 5.74) is 4.92. The van der Waals surface area contributed by atoms with E-state index in [2.05, 4.69) is 126 Å². The van der Waals surface area contributed by atoms with Crippen molar-refractivity contribution in [1.29, 1.82) is 0 Å². The molecule has 7 aromatic carbocycles. The summed E-state index contributed by atoms with van der Waals surface area (Å²) in [6.07, 6.45) is 0. The van der Waals surface area contributed by atoms with Crippen molar-refractivity contribution in [2.75, 3.05) is 0 Å². The first-order chi connectivity index (χ1) is 20.3. The van der Waals surface area contributed by atoms with Gasteiger partial charge in [-0.1, -0.05) is 84.9 Å². The maximum Gasteiger partial charge on any atom is 0.0551 e. The van der Waals surface area contributed by atoms with Crippen molar-refractivity contribution >= 4 is 106 Å². The fourth-order valence-corrected chi connectivity index (χ4v) is 9.29. The van der Waals surface area contributed by atoms with Crippen LogP contribution < -0.4 is 0 Å². The lowest BCUT2D eigenvalue weighted by Crippen LogP contribution is -1.80. The van der Waals surface area contributed by atoms with Crippen molar-refractivity contribution in [3.8, 4) is 11.1 Å². The van der Waals surface area contributed by atoms with Gasteiger partial charge in [0, 0.05) is 67.4 Å². The smallest absolute Gasteiger partial charge is 0.0551 e. The van der Waals surface area contributed by atoms with Crippen LogP contribution >= 0.6 is 22.7 Å². The van der Waals surface area contributed by atoms with Gasteiger partial charge in [0.25, 0.3) is 0 Å². The Hall–Kier alpha value is -4.70. The fraction of sp³-hybridized carbons (Fsp3) is 0. The lowest BCUT2D eigenvalue weighted by atomic mass is 9.97. The van der Waals surface area contributed by atoms with E-state index in [1.165, 1.54) is 94.8 Å². The van der Waals surface area contributed by atoms with Crippen LogP contribution in [0.25, 0.3) is 94.8 Å². The highest BCUT2D eigenvalue weighted by molar-refractivity contribution is 7.27. The summed E-state index contributed by atoms with van der Waals surface area (Å²) in [6.45, 7) is 0. The van der Waals surface area contributed by atoms with Crippen molar-refractivity contribution in [2.45, 2.75) is 0 Å². The Balaban J connectivity index is 1.30. The topological polar surface area (TPSA) is 15.8 Å². The predicted molar refractivity (Wildman–Crippen MR) is 182 cm³/mol. The molecule has 190 valence electrons. The monoisotopic (exact) mass is 555 g/mol. The number of benzene rings is 7. The molecule has 3 aromatic heterocycles. The molecule has 0 bridgehead atoms. The van der Waals surface area contributed by atoms with Crippen LogP contribution in [0.4, 0.5) is 0 Å². The quantitative estimate of drug-likeness (QED) is 0.207. The largest absolute Gasteiger partial charge is 0.354 e. The van der Waals surface area contributed by atoms with Gasteiger partial charge in [0.05, 0.1) is 5.52 Å². The van der Waals surface area contributed by atoms with Crippen molar-refractivity contribution in [3.05, 3.63) is 121 Å². The number of aromatic amines is 1. The molecule has 41 heavy (non-hydrogen) atoms. The Labute approximate surface area is 242 Å². The fourth-order valence-electron chi connectivity index (χ4n) is 6.94. The SMILES string of the molecule is c1ccc2c(c1)ccc1sc3ccc(-c4ccc5[nH]c6c7ccccc7c7sc8ccccc8c7c6c5c4)cc3c12. The maximum absolute atomic E-state index is 3.82. The van der Waals surface area contributed by atoms with Crippen molar-refractivity contribution in [2.24, 2.45) is 0 Å². The highest BCUT2D eigenvalue weighted by Gasteiger charge is 2.18. The zero-order chi connectivity index (χ0) is 26.7. The standard InChI is InChI=1S/C38H21NS2/c1-2-8-24-21(7-1)14-18-33-34(24)29-20-23(15-17-32(29)40-33)22-13-16-30-28(19-22)35-36-27-11-5-6-12-31(27)41-38(36)26-10-4-3-9-25(26)37(35)39-30/h1-20,39H. The molecule has 0 aliphatic rings. The number of fused-ring (bicyclic) bond motifs is 15. The van der Waals surface area contributed by atoms with Crippen LogP contribution in [0, 0.1) is 0 Å². The van der Waals surface area contributed by atoms with Gasteiger partial charge in [-0.2, -0.15) is 0 Å². The molecule has 0 radical (unpaired) electrons. The second kappa shape index (κ2) is 7.94. The lowest BCUT2D eigenvalue weighted by molar-refractivity contribution is 1.56. The number of aromatic nitrogens is 1. The summed E-state index contributed by atoms with van der Waals surface area (Å²) < 4.78 is 5.40. The number of nitrogens with one attached hydrogen (secondary N) is 1. The molecular formula is C38H21NS2. The second-order valence-electron chi connectivity index (χ2n) is 11.0. The first kappa shape index (κ1) is 22.0. The Morgan fingerprint density at radius 1 is 0.415 bits per heavy atom. The van der Waals surface area contributed by atoms with Crippen LogP contribution in [0.15, 0.2) is 121 Å². The molecule has 0 spiro atoms. The minimum atomic E-state index is 1.18. The van der Waals surface area contributed by atoms with E-state index < -0.39 is 0 Å². The van der Waals surface area contributed by atoms with Gasteiger partial charge in [0.1, 0.15) is 0 Å². The van der Waals surface area contributed by atoms with Crippen LogP contribution in [-0.2, 0) is 0 Å². The molecule has 1 N–H and O–H groups in total. The maximum atomic E-state index is 3.82. The Morgan fingerprint density at radius 2 is 1.10 bits per heavy atom. The zero-order valence-corrected chi connectivity index (χ0v) is 23.5. The molecule has 1 nitrogen and oxygen atoms in total. The molecule has 0 atom stereocenters. The minimum absolute atomic E-state index is 1.18. The van der Waals surface area contributed by atoms with Crippen LogP contribution in [-0.4, -0.2) is 4.98 Å². The van der Waals surface area contributed by atoms with Crippen molar-refractivity contribution in [1.82, 2.24) is 4.98 Å². The Kier molecular flexibility index (Phi) is 4.27. The molecule has 10 rings (SSSR count). The Morgan fingerprint density at radius 3 is 2.00 bits per heavy atom. The molecule has 0 saturated carbocycles. The van der Waals surface area contributed by atoms with Gasteiger partial charge < -0.3 is 4.98 Å². The third-order valence-electron chi connectivity index (χ3n) is 8.78. The van der Waals surface area contributed by atoms with E-state index in [1.807, 2.05) is 22.7 Å². The van der Waals surface area contributed by atoms with Crippen LogP contribution in [0.2, 0.25) is 0 Å². The first-order valence-electron chi connectivity index (χ1n) is 13.9. The first-order valence-corrected chi connectivity index (χ1v) is 15.6. The molecule has 0 aliphatic carbocycles. The predicted octanol–water partition coefficient (Wildman–Crippen LogP) is 12.0. The van der Waals surface area contributed by atoms with Crippen LogP contribution in [0.1, 0.15) is 0 Å². The molecule has 0 amide bonds. The summed E-state index contributed by atoms with van der Waals surface area (Å²) in [5.74, 6) is 0. The van der Waals surface area contributed by atoms with Gasteiger partial charge in [0.15, 0.2) is 0 Å². The summed E-state index contributed by atoms with van der Waals surface area (Å²) >= 11 is 3.80. The molecule has 3 heteroatoms. The van der Waals surface area contributed by atoms with E-state index in [1.54, 1.807) is 0 Å². The normalized spacial score (nSPS) is 12.4. The minimum Gasteiger partial charge on any atom is -0.354 e. The van der Waals surface area contributed by atoms with E-state index in [0.29, 0.717) is 0 Å². The van der Waals surface area contributed by atoms with Crippen LogP contribution in [0.3, 0.4) is 0 Å². The van der Waals surface area contributed by atoms with Gasteiger partial charge in [-0.05, 0) is 58.3 Å². The number of hydrogen-bond donors (Lipinski definition) is 1. The van der Waals surface area contributed by atoms with E-state index in [-0.39, 0.29) is 0 Å². The number of H-pyrrole nitrogens is 1. The number of rotatable bonds is 1. The average Bonchev–Trinajstić information content (AvgIpc) is 3.72. The molecule has 0 aliphatic heterocycles. The van der Waals surface area contributed by atoms with Gasteiger partial charge in [-0.3, -0.25) is 0 Å². The third-order valence-corrected chi connectivity index (χ3v) is 11.1. The average molecular weight is 556 g/mol. The molecule has 10 aromatic rings. The summed E-state index contributed by atoms with van der Waals surface area (Å²) in [7, 11) is 0. The number of thiophene rings is 2. The Bertz CT molecular complexity index is 2700. The highest BCUT2D eigenvalue weighted by Crippen LogP contribution is 2.47. The van der Waals surface area contributed by atoms with Crippen molar-refractivity contribution < 1.29 is 0 Å². The van der Waals surface area contributed by atoms with E-state index in [4.69, 9.17) is 0 Å². The van der Waals surface area contributed by atoms with Crippen LogP contribution in [0.5, 0.6) is 0 Å². The van der Waals surface area contributed by atoms with Gasteiger partial charge >= 0.3 is 0 Å². The summed E-state index contributed by atoms with van der Waals surface area (Å²) in [5, 5.41) is 13.3. The molecule has 0 fully saturated rings. The van der Waals surface area contributed by atoms with E-state index >= 15 is 0 Å². The second-order valence-corrected chi connectivity index (χ2v) is 13.1. The van der Waals surface area contributed by atoms with Gasteiger partial charge in [0.2, 0.25) is 0 Å². The van der Waals surface area contributed by atoms with E-state index in [0.717, 1.165) is 0 Å². The van der Waals surface area contributed by atoms with Gasteiger partial charge in [-0.25, -0.2) is 0 Å². The molecular weight excluding hydrogens is 535 g/mol. The lowest BCUT2D eigenvalue weighted by Gasteiger charge is -2.06. The van der Waals surface area contributed by atoms with E-state index in [9.17, 15) is 0 Å². The summed E-state index contributed by atoms with van der Waals surface area (Å²) in [4.78, 5) is 3.82. The molecule has 3 heterocycles. The molecule has 0 unspecified atom stereocenters.